The molecule has 4 heteroatoms. The van der Waals surface area contributed by atoms with Gasteiger partial charge in [0.2, 0.25) is 0 Å². The second-order valence-electron chi connectivity index (χ2n) is 6.51. The molecule has 1 aliphatic carbocycles. The van der Waals surface area contributed by atoms with Crippen molar-refractivity contribution in [1.29, 1.82) is 0 Å². The van der Waals surface area contributed by atoms with Crippen LogP contribution in [-0.2, 0) is 10.4 Å². The van der Waals surface area contributed by atoms with E-state index in [1.54, 1.807) is 0 Å². The third kappa shape index (κ3) is 2.90. The fraction of sp³-hybridized carbons (Fsp3) is 0.611. The lowest BCUT2D eigenvalue weighted by atomic mass is 9.79. The Morgan fingerprint density at radius 3 is 2.55 bits per heavy atom. The van der Waals surface area contributed by atoms with Crippen molar-refractivity contribution < 1.29 is 9.90 Å². The zero-order valence-corrected chi connectivity index (χ0v) is 13.1. The predicted molar refractivity (Wildman–Crippen MR) is 86.4 cm³/mol. The van der Waals surface area contributed by atoms with E-state index < -0.39 is 5.60 Å². The van der Waals surface area contributed by atoms with Gasteiger partial charge in [0, 0.05) is 25.6 Å². The number of amides is 1. The molecule has 22 heavy (non-hydrogen) atoms. The highest BCUT2D eigenvalue weighted by Crippen LogP contribution is 2.41. The van der Waals surface area contributed by atoms with Crippen LogP contribution in [0.5, 0.6) is 0 Å². The van der Waals surface area contributed by atoms with Crippen LogP contribution in [0.15, 0.2) is 30.3 Å². The number of hydrogen-bond donors (Lipinski definition) is 2. The molecular formula is C18H26N2O2. The number of aliphatic hydroxyl groups is 1. The molecular weight excluding hydrogens is 276 g/mol. The molecule has 2 aliphatic rings. The van der Waals surface area contributed by atoms with E-state index >= 15 is 0 Å². The first-order chi connectivity index (χ1) is 10.7. The van der Waals surface area contributed by atoms with E-state index in [0.717, 1.165) is 57.3 Å². The molecule has 0 spiro atoms. The van der Waals surface area contributed by atoms with Crippen molar-refractivity contribution in [3.8, 4) is 0 Å². The summed E-state index contributed by atoms with van der Waals surface area (Å²) in [4.78, 5) is 15.1. The van der Waals surface area contributed by atoms with Crippen molar-refractivity contribution in [2.24, 2.45) is 5.92 Å². The van der Waals surface area contributed by atoms with Crippen LogP contribution < -0.4 is 5.32 Å². The van der Waals surface area contributed by atoms with Gasteiger partial charge in [-0.25, -0.2) is 0 Å². The van der Waals surface area contributed by atoms with Gasteiger partial charge in [-0.2, -0.15) is 0 Å². The van der Waals surface area contributed by atoms with Crippen LogP contribution in [0.25, 0.3) is 0 Å². The zero-order chi connectivity index (χ0) is 15.4. The molecule has 1 saturated carbocycles. The Kier molecular flexibility index (Phi) is 4.79. The molecule has 1 unspecified atom stereocenters. The van der Waals surface area contributed by atoms with Crippen LogP contribution in [0, 0.1) is 5.92 Å². The third-order valence-electron chi connectivity index (χ3n) is 5.11. The summed E-state index contributed by atoms with van der Waals surface area (Å²) in [6, 6.07) is 9.54. The number of rotatable bonds is 3. The lowest BCUT2D eigenvalue weighted by Crippen LogP contribution is -2.51. The molecule has 1 aromatic carbocycles. The largest absolute Gasteiger partial charge is 0.375 e. The lowest BCUT2D eigenvalue weighted by molar-refractivity contribution is -0.159. The van der Waals surface area contributed by atoms with Crippen LogP contribution in [0.4, 0.5) is 0 Å². The molecule has 2 N–H and O–H groups in total. The molecule has 1 aromatic rings. The number of carbonyl (C=O) groups is 1. The van der Waals surface area contributed by atoms with Crippen molar-refractivity contribution in [3.63, 3.8) is 0 Å². The molecule has 1 aliphatic heterocycles. The first-order valence-corrected chi connectivity index (χ1v) is 8.51. The Balaban J connectivity index is 1.92. The molecule has 0 bridgehead atoms. The predicted octanol–water partition coefficient (Wildman–Crippen LogP) is 1.89. The summed E-state index contributed by atoms with van der Waals surface area (Å²) < 4.78 is 0. The monoisotopic (exact) mass is 302 g/mol. The Hall–Kier alpha value is -1.39. The second kappa shape index (κ2) is 6.80. The van der Waals surface area contributed by atoms with Gasteiger partial charge in [-0.05, 0) is 31.4 Å². The molecule has 3 rings (SSSR count). The average Bonchev–Trinajstić information content (AvgIpc) is 2.97. The minimum atomic E-state index is -1.36. The minimum absolute atomic E-state index is 0.0404. The normalized spacial score (nSPS) is 23.0. The van der Waals surface area contributed by atoms with Crippen molar-refractivity contribution in [2.45, 2.75) is 37.7 Å². The highest BCUT2D eigenvalue weighted by Gasteiger charge is 2.48. The summed E-state index contributed by atoms with van der Waals surface area (Å²) in [5, 5.41) is 14.8. The molecule has 4 nitrogen and oxygen atoms in total. The molecule has 1 amide bonds. The van der Waals surface area contributed by atoms with E-state index in [1.165, 1.54) is 0 Å². The molecule has 1 atom stereocenters. The first kappa shape index (κ1) is 15.5. The summed E-state index contributed by atoms with van der Waals surface area (Å²) in [6.07, 6.45) is 5.02. The molecule has 120 valence electrons. The standard InChI is InChI=1S/C18H26N2O2/c21-17(20-13-6-11-19-12-14-20)18(22,16-9-4-5-10-16)15-7-2-1-3-8-15/h1-3,7-8,16,19,22H,4-6,9-14H2. The Labute approximate surface area is 132 Å². The molecule has 0 radical (unpaired) electrons. The van der Waals surface area contributed by atoms with E-state index in [-0.39, 0.29) is 11.8 Å². The second-order valence-corrected chi connectivity index (χ2v) is 6.51. The quantitative estimate of drug-likeness (QED) is 0.896. The average molecular weight is 302 g/mol. The highest BCUT2D eigenvalue weighted by molar-refractivity contribution is 5.87. The summed E-state index contributed by atoms with van der Waals surface area (Å²) in [5.41, 5.74) is -0.605. The number of nitrogens with one attached hydrogen (secondary N) is 1. The van der Waals surface area contributed by atoms with Crippen molar-refractivity contribution in [1.82, 2.24) is 10.2 Å². The van der Waals surface area contributed by atoms with Crippen LogP contribution in [0.2, 0.25) is 0 Å². The Morgan fingerprint density at radius 2 is 1.82 bits per heavy atom. The lowest BCUT2D eigenvalue weighted by Gasteiger charge is -2.37. The summed E-state index contributed by atoms with van der Waals surface area (Å²) in [7, 11) is 0. The summed E-state index contributed by atoms with van der Waals surface area (Å²) in [5.74, 6) is -0.0621. The van der Waals surface area contributed by atoms with E-state index in [0.29, 0.717) is 6.54 Å². The number of carbonyl (C=O) groups excluding carboxylic acids is 1. The molecule has 1 heterocycles. The van der Waals surface area contributed by atoms with Crippen molar-refractivity contribution in [3.05, 3.63) is 35.9 Å². The van der Waals surface area contributed by atoms with Gasteiger partial charge in [0.1, 0.15) is 0 Å². The third-order valence-corrected chi connectivity index (χ3v) is 5.11. The van der Waals surface area contributed by atoms with Gasteiger partial charge < -0.3 is 15.3 Å². The van der Waals surface area contributed by atoms with Gasteiger partial charge in [0.05, 0.1) is 0 Å². The minimum Gasteiger partial charge on any atom is -0.375 e. The van der Waals surface area contributed by atoms with E-state index in [4.69, 9.17) is 0 Å². The van der Waals surface area contributed by atoms with Gasteiger partial charge in [-0.15, -0.1) is 0 Å². The summed E-state index contributed by atoms with van der Waals surface area (Å²) >= 11 is 0. The SMILES string of the molecule is O=C(N1CCCNCC1)C(O)(c1ccccc1)C1CCCC1. The van der Waals surface area contributed by atoms with Crippen molar-refractivity contribution >= 4 is 5.91 Å². The van der Waals surface area contributed by atoms with Crippen LogP contribution in [0.3, 0.4) is 0 Å². The molecule has 0 aromatic heterocycles. The Bertz CT molecular complexity index is 491. The van der Waals surface area contributed by atoms with Crippen molar-refractivity contribution in [2.75, 3.05) is 26.2 Å². The first-order valence-electron chi connectivity index (χ1n) is 8.51. The van der Waals surface area contributed by atoms with Crippen LogP contribution >= 0.6 is 0 Å². The van der Waals surface area contributed by atoms with Crippen LogP contribution in [0.1, 0.15) is 37.7 Å². The zero-order valence-electron chi connectivity index (χ0n) is 13.1. The maximum Gasteiger partial charge on any atom is 0.259 e. The molecule has 2 fully saturated rings. The molecule has 1 saturated heterocycles. The van der Waals surface area contributed by atoms with Crippen LogP contribution in [-0.4, -0.2) is 42.1 Å². The number of benzene rings is 1. The number of hydrogen-bond acceptors (Lipinski definition) is 3. The smallest absolute Gasteiger partial charge is 0.259 e. The van der Waals surface area contributed by atoms with Gasteiger partial charge >= 0.3 is 0 Å². The number of nitrogens with zero attached hydrogens (tertiary/aromatic N) is 1. The van der Waals surface area contributed by atoms with Gasteiger partial charge in [0.15, 0.2) is 5.60 Å². The fourth-order valence-electron chi connectivity index (χ4n) is 3.86. The van der Waals surface area contributed by atoms with E-state index in [1.807, 2.05) is 35.2 Å². The highest BCUT2D eigenvalue weighted by atomic mass is 16.3. The van der Waals surface area contributed by atoms with E-state index in [2.05, 4.69) is 5.32 Å². The fourth-order valence-corrected chi connectivity index (χ4v) is 3.86. The maximum absolute atomic E-state index is 13.2. The Morgan fingerprint density at radius 1 is 1.09 bits per heavy atom. The van der Waals surface area contributed by atoms with Gasteiger partial charge in [-0.3, -0.25) is 4.79 Å². The topological polar surface area (TPSA) is 52.6 Å². The summed E-state index contributed by atoms with van der Waals surface area (Å²) in [6.45, 7) is 3.16. The van der Waals surface area contributed by atoms with Gasteiger partial charge in [0.25, 0.3) is 5.91 Å². The van der Waals surface area contributed by atoms with Gasteiger partial charge in [-0.1, -0.05) is 43.2 Å². The van der Waals surface area contributed by atoms with E-state index in [9.17, 15) is 9.90 Å². The maximum atomic E-state index is 13.2.